The van der Waals surface area contributed by atoms with Gasteiger partial charge in [-0.2, -0.15) is 0 Å². The SMILES string of the molecule is COc1ccc2c(c1)N(S(=O)(=O)c1ccc3c(c1)n(C)c(=O)n3C)CCC2. The molecule has 1 aromatic heterocycles. The molecule has 3 aromatic rings. The van der Waals surface area contributed by atoms with Crippen molar-refractivity contribution in [2.75, 3.05) is 18.0 Å². The Morgan fingerprint density at radius 1 is 1.00 bits per heavy atom. The van der Waals surface area contributed by atoms with Crippen LogP contribution >= 0.6 is 0 Å². The van der Waals surface area contributed by atoms with Crippen molar-refractivity contribution in [3.05, 3.63) is 52.4 Å². The topological polar surface area (TPSA) is 73.5 Å². The maximum atomic E-state index is 13.4. The van der Waals surface area contributed by atoms with Crippen molar-refractivity contribution in [1.29, 1.82) is 0 Å². The minimum atomic E-state index is -3.76. The lowest BCUT2D eigenvalue weighted by Crippen LogP contribution is -2.35. The van der Waals surface area contributed by atoms with Crippen LogP contribution in [0.15, 0.2) is 46.1 Å². The van der Waals surface area contributed by atoms with E-state index in [0.717, 1.165) is 18.4 Å². The zero-order valence-corrected chi connectivity index (χ0v) is 16.3. The summed E-state index contributed by atoms with van der Waals surface area (Å²) in [6.45, 7) is 0.411. The van der Waals surface area contributed by atoms with Gasteiger partial charge in [-0.3, -0.25) is 13.4 Å². The average Bonchev–Trinajstić information content (AvgIpc) is 2.90. The molecule has 1 aliphatic heterocycles. The van der Waals surface area contributed by atoms with Crippen LogP contribution in [-0.2, 0) is 30.5 Å². The Morgan fingerprint density at radius 2 is 1.74 bits per heavy atom. The molecule has 0 radical (unpaired) electrons. The highest BCUT2D eigenvalue weighted by atomic mass is 32.2. The molecule has 0 saturated carbocycles. The van der Waals surface area contributed by atoms with Gasteiger partial charge < -0.3 is 4.74 Å². The zero-order chi connectivity index (χ0) is 19.3. The van der Waals surface area contributed by atoms with E-state index in [1.807, 2.05) is 12.1 Å². The van der Waals surface area contributed by atoms with E-state index >= 15 is 0 Å². The van der Waals surface area contributed by atoms with Gasteiger partial charge >= 0.3 is 5.69 Å². The normalized spacial score (nSPS) is 14.4. The number of anilines is 1. The van der Waals surface area contributed by atoms with Gasteiger partial charge in [0.05, 0.1) is 28.7 Å². The van der Waals surface area contributed by atoms with E-state index in [-0.39, 0.29) is 10.6 Å². The summed E-state index contributed by atoms with van der Waals surface area (Å²) in [6.07, 6.45) is 1.59. The first-order valence-corrected chi connectivity index (χ1v) is 10.1. The molecule has 0 saturated heterocycles. The third kappa shape index (κ3) is 2.63. The summed E-state index contributed by atoms with van der Waals surface area (Å²) < 4.78 is 36.5. The molecule has 2 heterocycles. The first kappa shape index (κ1) is 17.7. The molecule has 0 atom stereocenters. The van der Waals surface area contributed by atoms with E-state index in [2.05, 4.69) is 0 Å². The monoisotopic (exact) mass is 387 g/mol. The second-order valence-electron chi connectivity index (χ2n) is 6.73. The van der Waals surface area contributed by atoms with Crippen molar-refractivity contribution in [1.82, 2.24) is 9.13 Å². The summed E-state index contributed by atoms with van der Waals surface area (Å²) >= 11 is 0. The molecule has 2 aromatic carbocycles. The van der Waals surface area contributed by atoms with Crippen molar-refractivity contribution in [2.45, 2.75) is 17.7 Å². The average molecular weight is 387 g/mol. The van der Waals surface area contributed by atoms with Gasteiger partial charge in [0.2, 0.25) is 0 Å². The maximum Gasteiger partial charge on any atom is 0.328 e. The summed E-state index contributed by atoms with van der Waals surface area (Å²) in [7, 11) is 1.12. The van der Waals surface area contributed by atoms with Gasteiger partial charge in [0.15, 0.2) is 0 Å². The van der Waals surface area contributed by atoms with Crippen LogP contribution in [0.2, 0.25) is 0 Å². The molecule has 142 valence electrons. The second kappa shape index (κ2) is 6.16. The predicted molar refractivity (Wildman–Crippen MR) is 104 cm³/mol. The lowest BCUT2D eigenvalue weighted by molar-refractivity contribution is 0.414. The summed E-state index contributed by atoms with van der Waals surface area (Å²) in [6, 6.07) is 10.3. The number of imidazole rings is 1. The van der Waals surface area contributed by atoms with Crippen molar-refractivity contribution in [3.8, 4) is 5.75 Å². The van der Waals surface area contributed by atoms with Gasteiger partial charge in [0, 0.05) is 26.7 Å². The molecule has 4 rings (SSSR count). The lowest BCUT2D eigenvalue weighted by atomic mass is 10.0. The summed E-state index contributed by atoms with van der Waals surface area (Å²) in [5.74, 6) is 0.622. The molecule has 27 heavy (non-hydrogen) atoms. The van der Waals surface area contributed by atoms with E-state index in [0.29, 0.717) is 29.0 Å². The van der Waals surface area contributed by atoms with Gasteiger partial charge in [0.1, 0.15) is 5.75 Å². The van der Waals surface area contributed by atoms with Crippen LogP contribution in [0.4, 0.5) is 5.69 Å². The number of hydrogen-bond donors (Lipinski definition) is 0. The number of aromatic nitrogens is 2. The fraction of sp³-hybridized carbons (Fsp3) is 0.316. The molecule has 0 N–H and O–H groups in total. The van der Waals surface area contributed by atoms with Crippen LogP contribution in [-0.4, -0.2) is 31.2 Å². The number of sulfonamides is 1. The number of aryl methyl sites for hydroxylation is 3. The van der Waals surface area contributed by atoms with Gasteiger partial charge in [-0.15, -0.1) is 0 Å². The number of rotatable bonds is 3. The van der Waals surface area contributed by atoms with E-state index in [9.17, 15) is 13.2 Å². The molecule has 0 spiro atoms. The van der Waals surface area contributed by atoms with Crippen LogP contribution in [0.25, 0.3) is 11.0 Å². The highest BCUT2D eigenvalue weighted by molar-refractivity contribution is 7.92. The number of methoxy groups -OCH3 is 1. The fourth-order valence-corrected chi connectivity index (χ4v) is 5.23. The van der Waals surface area contributed by atoms with E-state index in [4.69, 9.17) is 4.74 Å². The molecular formula is C19H21N3O4S. The lowest BCUT2D eigenvalue weighted by Gasteiger charge is -2.30. The van der Waals surface area contributed by atoms with E-state index < -0.39 is 10.0 Å². The Labute approximate surface area is 157 Å². The summed E-state index contributed by atoms with van der Waals surface area (Å²) in [4.78, 5) is 12.3. The number of hydrogen-bond acceptors (Lipinski definition) is 4. The standard InChI is InChI=1S/C19H21N3O4S/c1-20-16-9-8-15(12-18(16)21(2)19(20)23)27(24,25)22-10-4-5-13-6-7-14(26-3)11-17(13)22/h6-9,11-12H,4-5,10H2,1-3H3. The van der Waals surface area contributed by atoms with Gasteiger partial charge in [-0.1, -0.05) is 6.07 Å². The van der Waals surface area contributed by atoms with E-state index in [1.165, 1.54) is 13.4 Å². The highest BCUT2D eigenvalue weighted by Gasteiger charge is 2.30. The molecule has 1 aliphatic rings. The zero-order valence-electron chi connectivity index (χ0n) is 15.5. The maximum absolute atomic E-state index is 13.4. The number of benzene rings is 2. The van der Waals surface area contributed by atoms with Crippen molar-refractivity contribution in [2.24, 2.45) is 14.1 Å². The summed E-state index contributed by atoms with van der Waals surface area (Å²) in [5.41, 5.74) is 2.74. The molecule has 0 aliphatic carbocycles. The third-order valence-electron chi connectivity index (χ3n) is 5.20. The van der Waals surface area contributed by atoms with Crippen LogP contribution in [0.1, 0.15) is 12.0 Å². The van der Waals surface area contributed by atoms with Crippen molar-refractivity contribution in [3.63, 3.8) is 0 Å². The Kier molecular flexibility index (Phi) is 4.03. The summed E-state index contributed by atoms with van der Waals surface area (Å²) in [5, 5.41) is 0. The van der Waals surface area contributed by atoms with Crippen LogP contribution in [0, 0.1) is 0 Å². The number of ether oxygens (including phenoxy) is 1. The Bertz CT molecular complexity index is 1210. The largest absolute Gasteiger partial charge is 0.497 e. The van der Waals surface area contributed by atoms with Gasteiger partial charge in [0.25, 0.3) is 10.0 Å². The Hall–Kier alpha value is -2.74. The van der Waals surface area contributed by atoms with Crippen molar-refractivity contribution < 1.29 is 13.2 Å². The molecule has 0 fully saturated rings. The Morgan fingerprint density at radius 3 is 2.48 bits per heavy atom. The smallest absolute Gasteiger partial charge is 0.328 e. The first-order valence-electron chi connectivity index (χ1n) is 8.69. The number of nitrogens with zero attached hydrogens (tertiary/aromatic N) is 3. The molecule has 0 amide bonds. The fourth-order valence-electron chi connectivity index (χ4n) is 3.67. The minimum absolute atomic E-state index is 0.173. The molecule has 0 bridgehead atoms. The minimum Gasteiger partial charge on any atom is -0.497 e. The third-order valence-corrected chi connectivity index (χ3v) is 7.01. The quantitative estimate of drug-likeness (QED) is 0.689. The van der Waals surface area contributed by atoms with Crippen LogP contribution in [0.3, 0.4) is 0 Å². The Balaban J connectivity index is 1.87. The first-order chi connectivity index (χ1) is 12.8. The predicted octanol–water partition coefficient (Wildman–Crippen LogP) is 2.03. The van der Waals surface area contributed by atoms with Crippen LogP contribution in [0.5, 0.6) is 5.75 Å². The van der Waals surface area contributed by atoms with Crippen LogP contribution < -0.4 is 14.7 Å². The number of fused-ring (bicyclic) bond motifs is 2. The van der Waals surface area contributed by atoms with Gasteiger partial charge in [-0.25, -0.2) is 13.2 Å². The molecule has 7 nitrogen and oxygen atoms in total. The van der Waals surface area contributed by atoms with Crippen molar-refractivity contribution >= 4 is 26.7 Å². The molecular weight excluding hydrogens is 366 g/mol. The highest BCUT2D eigenvalue weighted by Crippen LogP contribution is 2.35. The molecule has 8 heteroatoms. The molecule has 0 unspecified atom stereocenters. The van der Waals surface area contributed by atoms with Gasteiger partial charge in [-0.05, 0) is 42.7 Å². The second-order valence-corrected chi connectivity index (χ2v) is 8.59. The van der Waals surface area contributed by atoms with E-state index in [1.54, 1.807) is 45.5 Å².